The third kappa shape index (κ3) is 2.96. The number of nitrogens with zero attached hydrogens (tertiary/aromatic N) is 3. The third-order valence-corrected chi connectivity index (χ3v) is 4.67. The number of nitrogens with one attached hydrogen (secondary N) is 1. The van der Waals surface area contributed by atoms with Crippen LogP contribution in [-0.2, 0) is 0 Å². The third-order valence-electron chi connectivity index (χ3n) is 3.63. The first-order valence-electron chi connectivity index (χ1n) is 6.57. The molecule has 4 nitrogen and oxygen atoms in total. The van der Waals surface area contributed by atoms with E-state index in [1.54, 1.807) is 11.3 Å². The first kappa shape index (κ1) is 11.4. The van der Waals surface area contributed by atoms with Crippen LogP contribution in [0, 0.1) is 5.92 Å². The molecule has 1 atom stereocenters. The molecule has 5 heteroatoms. The lowest BCUT2D eigenvalue weighted by molar-refractivity contribution is 0.217. The van der Waals surface area contributed by atoms with E-state index in [1.165, 1.54) is 43.8 Å². The fourth-order valence-corrected chi connectivity index (χ4v) is 3.39. The van der Waals surface area contributed by atoms with Gasteiger partial charge in [-0.25, -0.2) is 0 Å². The molecule has 1 unspecified atom stereocenters. The molecule has 0 aromatic carbocycles. The molecule has 3 rings (SSSR count). The number of likely N-dealkylation sites (tertiary alicyclic amines) is 1. The second-order valence-electron chi connectivity index (χ2n) is 5.37. The molecular formula is C12H20N4S. The Morgan fingerprint density at radius 3 is 3.00 bits per heavy atom. The molecule has 94 valence electrons. The van der Waals surface area contributed by atoms with Gasteiger partial charge in [-0.15, -0.1) is 10.2 Å². The summed E-state index contributed by atoms with van der Waals surface area (Å²) in [5.41, 5.74) is 0. The zero-order valence-electron chi connectivity index (χ0n) is 10.4. The van der Waals surface area contributed by atoms with E-state index in [1.807, 2.05) is 0 Å². The van der Waals surface area contributed by atoms with Crippen LogP contribution in [0.4, 0.5) is 5.13 Å². The van der Waals surface area contributed by atoms with Crippen molar-refractivity contribution in [3.05, 3.63) is 5.01 Å². The van der Waals surface area contributed by atoms with Crippen LogP contribution in [0.15, 0.2) is 0 Å². The van der Waals surface area contributed by atoms with Crippen molar-refractivity contribution in [2.45, 2.75) is 31.6 Å². The number of rotatable bonds is 4. The summed E-state index contributed by atoms with van der Waals surface area (Å²) < 4.78 is 0. The van der Waals surface area contributed by atoms with E-state index in [2.05, 4.69) is 27.5 Å². The Balaban J connectivity index is 1.49. The van der Waals surface area contributed by atoms with Gasteiger partial charge in [-0.1, -0.05) is 11.3 Å². The molecule has 17 heavy (non-hydrogen) atoms. The van der Waals surface area contributed by atoms with E-state index in [0.717, 1.165) is 23.5 Å². The van der Waals surface area contributed by atoms with Gasteiger partial charge in [-0.2, -0.15) is 0 Å². The average Bonchev–Trinajstić information content (AvgIpc) is 3.07. The van der Waals surface area contributed by atoms with Gasteiger partial charge in [0.15, 0.2) is 0 Å². The molecule has 0 radical (unpaired) electrons. The molecule has 1 saturated heterocycles. The maximum Gasteiger partial charge on any atom is 0.205 e. The van der Waals surface area contributed by atoms with E-state index in [0.29, 0.717) is 0 Å². The van der Waals surface area contributed by atoms with Gasteiger partial charge in [0.1, 0.15) is 5.01 Å². The van der Waals surface area contributed by atoms with Crippen molar-refractivity contribution >= 4 is 16.5 Å². The van der Waals surface area contributed by atoms with Gasteiger partial charge >= 0.3 is 0 Å². The molecule has 2 aliphatic rings. The molecule has 2 fully saturated rings. The first-order valence-corrected chi connectivity index (χ1v) is 7.39. The van der Waals surface area contributed by atoms with Crippen molar-refractivity contribution in [3.63, 3.8) is 0 Å². The quantitative estimate of drug-likeness (QED) is 0.891. The van der Waals surface area contributed by atoms with E-state index < -0.39 is 0 Å². The Morgan fingerprint density at radius 2 is 2.24 bits per heavy atom. The number of hydrogen-bond donors (Lipinski definition) is 1. The molecule has 1 aromatic rings. The lowest BCUT2D eigenvalue weighted by Crippen LogP contribution is -2.35. The smallest absolute Gasteiger partial charge is 0.205 e. The summed E-state index contributed by atoms with van der Waals surface area (Å²) in [7, 11) is 2.21. The van der Waals surface area contributed by atoms with E-state index in [-0.39, 0.29) is 0 Å². The zero-order chi connectivity index (χ0) is 11.7. The number of piperidine rings is 1. The van der Waals surface area contributed by atoms with Crippen LogP contribution >= 0.6 is 11.3 Å². The predicted octanol–water partition coefficient (Wildman–Crippen LogP) is 2.17. The van der Waals surface area contributed by atoms with Gasteiger partial charge < -0.3 is 10.2 Å². The van der Waals surface area contributed by atoms with Crippen molar-refractivity contribution in [2.24, 2.45) is 5.92 Å². The molecule has 0 bridgehead atoms. The second-order valence-corrected chi connectivity index (χ2v) is 6.38. The van der Waals surface area contributed by atoms with Crippen molar-refractivity contribution in [1.82, 2.24) is 15.1 Å². The largest absolute Gasteiger partial charge is 0.360 e. The molecule has 0 spiro atoms. The summed E-state index contributed by atoms with van der Waals surface area (Å²) >= 11 is 1.75. The first-order chi connectivity index (χ1) is 8.31. The van der Waals surface area contributed by atoms with Crippen LogP contribution in [0.1, 0.15) is 36.6 Å². The van der Waals surface area contributed by atoms with Crippen LogP contribution in [0.25, 0.3) is 0 Å². The summed E-state index contributed by atoms with van der Waals surface area (Å²) in [6.07, 6.45) is 5.28. The minimum absolute atomic E-state index is 0.726. The maximum absolute atomic E-state index is 4.25. The number of anilines is 1. The molecule has 1 aliphatic heterocycles. The minimum atomic E-state index is 0.726. The zero-order valence-corrected chi connectivity index (χ0v) is 11.2. The van der Waals surface area contributed by atoms with Gasteiger partial charge in [0.05, 0.1) is 0 Å². The molecular weight excluding hydrogens is 232 g/mol. The van der Waals surface area contributed by atoms with E-state index in [9.17, 15) is 0 Å². The highest BCUT2D eigenvalue weighted by atomic mass is 32.1. The Labute approximate surface area is 106 Å². The average molecular weight is 252 g/mol. The molecule has 1 saturated carbocycles. The van der Waals surface area contributed by atoms with Crippen molar-refractivity contribution in [1.29, 1.82) is 0 Å². The summed E-state index contributed by atoms with van der Waals surface area (Å²) in [6.45, 7) is 3.51. The van der Waals surface area contributed by atoms with Crippen molar-refractivity contribution in [2.75, 3.05) is 32.0 Å². The summed E-state index contributed by atoms with van der Waals surface area (Å²) in [5.74, 6) is 1.49. The van der Waals surface area contributed by atoms with Crippen LogP contribution in [0.5, 0.6) is 0 Å². The highest BCUT2D eigenvalue weighted by Gasteiger charge is 2.27. The van der Waals surface area contributed by atoms with Crippen LogP contribution < -0.4 is 5.32 Å². The Kier molecular flexibility index (Phi) is 3.29. The predicted molar refractivity (Wildman–Crippen MR) is 70.6 cm³/mol. The Bertz CT molecular complexity index is 374. The number of hydrogen-bond acceptors (Lipinski definition) is 5. The highest BCUT2D eigenvalue weighted by molar-refractivity contribution is 7.15. The Hall–Kier alpha value is -0.680. The van der Waals surface area contributed by atoms with Crippen molar-refractivity contribution < 1.29 is 0 Å². The second kappa shape index (κ2) is 4.90. The van der Waals surface area contributed by atoms with Gasteiger partial charge in [0.25, 0.3) is 0 Å². The summed E-state index contributed by atoms with van der Waals surface area (Å²) in [6, 6.07) is 0. The lowest BCUT2D eigenvalue weighted by Gasteiger charge is -2.29. The highest BCUT2D eigenvalue weighted by Crippen LogP contribution is 2.42. The normalized spacial score (nSPS) is 26.1. The van der Waals surface area contributed by atoms with Crippen LogP contribution in [-0.4, -0.2) is 41.8 Å². The SMILES string of the molecule is CN1CCCC(CNc2nnc(C3CC3)s2)C1. The van der Waals surface area contributed by atoms with Crippen LogP contribution in [0.3, 0.4) is 0 Å². The molecule has 1 aromatic heterocycles. The molecule has 1 N–H and O–H groups in total. The monoisotopic (exact) mass is 252 g/mol. The van der Waals surface area contributed by atoms with Gasteiger partial charge in [0.2, 0.25) is 5.13 Å². The summed E-state index contributed by atoms with van der Waals surface area (Å²) in [5, 5.41) is 14.2. The Morgan fingerprint density at radius 1 is 1.35 bits per heavy atom. The molecule has 0 amide bonds. The number of aromatic nitrogens is 2. The van der Waals surface area contributed by atoms with E-state index >= 15 is 0 Å². The lowest BCUT2D eigenvalue weighted by atomic mass is 9.99. The topological polar surface area (TPSA) is 41.0 Å². The van der Waals surface area contributed by atoms with Gasteiger partial charge in [-0.3, -0.25) is 0 Å². The van der Waals surface area contributed by atoms with Gasteiger partial charge in [-0.05, 0) is 45.2 Å². The molecule has 2 heterocycles. The van der Waals surface area contributed by atoms with Gasteiger partial charge in [0, 0.05) is 19.0 Å². The van der Waals surface area contributed by atoms with E-state index in [4.69, 9.17) is 0 Å². The van der Waals surface area contributed by atoms with Crippen molar-refractivity contribution in [3.8, 4) is 0 Å². The van der Waals surface area contributed by atoms with Crippen LogP contribution in [0.2, 0.25) is 0 Å². The fraction of sp³-hybridized carbons (Fsp3) is 0.833. The molecule has 1 aliphatic carbocycles. The minimum Gasteiger partial charge on any atom is -0.360 e. The standard InChI is InChI=1S/C12H20N4S/c1-16-6-2-3-9(8-16)7-13-12-15-14-11(17-12)10-4-5-10/h9-10H,2-8H2,1H3,(H,13,15). The fourth-order valence-electron chi connectivity index (χ4n) is 2.47. The maximum atomic E-state index is 4.25. The summed E-state index contributed by atoms with van der Waals surface area (Å²) in [4.78, 5) is 2.42.